The van der Waals surface area contributed by atoms with Crippen molar-refractivity contribution in [3.8, 4) is 5.82 Å². The van der Waals surface area contributed by atoms with Crippen LogP contribution in [0.4, 0.5) is 5.82 Å². The number of nitrogens with two attached hydrogens (primary N) is 1. The standard InChI is InChI=1S/C22H31N9O2/c1-6-30(7-2)13-18-19(25-29-31(18)21-20(23)27-33-28-21)22(32)26-24-15(5)17-10-8-16(9-11-17)12-14(3)4/h8-11,14,24H,5-7,12-13H2,1-4H3,(H2,23,27)(H,26,32). The van der Waals surface area contributed by atoms with E-state index in [0.29, 0.717) is 23.9 Å². The van der Waals surface area contributed by atoms with Gasteiger partial charge in [-0.1, -0.05) is 63.8 Å². The highest BCUT2D eigenvalue weighted by Crippen LogP contribution is 2.18. The molecule has 11 heteroatoms. The summed E-state index contributed by atoms with van der Waals surface area (Å²) in [6.07, 6.45) is 1.01. The van der Waals surface area contributed by atoms with Crippen molar-refractivity contribution in [3.63, 3.8) is 0 Å². The largest absolute Gasteiger partial charge is 0.378 e. The summed E-state index contributed by atoms with van der Waals surface area (Å²) in [6, 6.07) is 8.07. The predicted molar refractivity (Wildman–Crippen MR) is 125 cm³/mol. The number of carbonyl (C=O) groups excluding carboxylic acids is 1. The van der Waals surface area contributed by atoms with Gasteiger partial charge in [0.05, 0.1) is 11.4 Å². The molecule has 176 valence electrons. The van der Waals surface area contributed by atoms with Crippen molar-refractivity contribution in [2.45, 2.75) is 40.7 Å². The molecule has 3 rings (SSSR count). The molecule has 2 aromatic heterocycles. The topological polar surface area (TPSA) is 140 Å². The minimum atomic E-state index is -0.462. The smallest absolute Gasteiger partial charge is 0.292 e. The predicted octanol–water partition coefficient (Wildman–Crippen LogP) is 2.18. The summed E-state index contributed by atoms with van der Waals surface area (Å²) in [7, 11) is 0. The highest BCUT2D eigenvalue weighted by molar-refractivity contribution is 5.93. The summed E-state index contributed by atoms with van der Waals surface area (Å²) in [5, 5.41) is 15.5. The summed E-state index contributed by atoms with van der Waals surface area (Å²) in [5.74, 6) is 0.359. The molecule has 33 heavy (non-hydrogen) atoms. The maximum Gasteiger partial charge on any atom is 0.292 e. The highest BCUT2D eigenvalue weighted by atomic mass is 16.6. The van der Waals surface area contributed by atoms with Crippen molar-refractivity contribution in [2.24, 2.45) is 5.92 Å². The Bertz CT molecular complexity index is 1080. The van der Waals surface area contributed by atoms with E-state index >= 15 is 0 Å². The second kappa shape index (κ2) is 10.7. The van der Waals surface area contributed by atoms with Crippen LogP contribution < -0.4 is 16.6 Å². The summed E-state index contributed by atoms with van der Waals surface area (Å²) < 4.78 is 6.06. The first-order chi connectivity index (χ1) is 15.8. The van der Waals surface area contributed by atoms with Crippen molar-refractivity contribution in [3.05, 3.63) is 53.4 Å². The van der Waals surface area contributed by atoms with Gasteiger partial charge >= 0.3 is 0 Å². The second-order valence-corrected chi connectivity index (χ2v) is 8.08. The molecule has 0 bridgehead atoms. The van der Waals surface area contributed by atoms with Crippen LogP contribution in [0.3, 0.4) is 0 Å². The van der Waals surface area contributed by atoms with Gasteiger partial charge in [-0.2, -0.15) is 4.68 Å². The molecule has 0 aliphatic rings. The zero-order valence-electron chi connectivity index (χ0n) is 19.5. The molecule has 4 N–H and O–H groups in total. The fourth-order valence-corrected chi connectivity index (χ4v) is 3.36. The monoisotopic (exact) mass is 453 g/mol. The maximum atomic E-state index is 13.0. The van der Waals surface area contributed by atoms with Gasteiger partial charge in [0.1, 0.15) is 0 Å². The molecule has 0 radical (unpaired) electrons. The molecule has 3 aromatic rings. The molecule has 0 atom stereocenters. The third kappa shape index (κ3) is 5.75. The number of amides is 1. The quantitative estimate of drug-likeness (QED) is 0.373. The zero-order valence-corrected chi connectivity index (χ0v) is 19.5. The molecule has 0 fully saturated rings. The van der Waals surface area contributed by atoms with Gasteiger partial charge in [-0.15, -0.1) is 5.10 Å². The van der Waals surface area contributed by atoms with Gasteiger partial charge in [0.15, 0.2) is 5.69 Å². The van der Waals surface area contributed by atoms with E-state index in [1.165, 1.54) is 10.2 Å². The van der Waals surface area contributed by atoms with Gasteiger partial charge in [0.25, 0.3) is 5.91 Å². The van der Waals surface area contributed by atoms with E-state index in [1.54, 1.807) is 0 Å². The Morgan fingerprint density at radius 3 is 2.45 bits per heavy atom. The fourth-order valence-electron chi connectivity index (χ4n) is 3.36. The van der Waals surface area contributed by atoms with E-state index in [1.807, 2.05) is 26.0 Å². The Kier molecular flexibility index (Phi) is 7.78. The summed E-state index contributed by atoms with van der Waals surface area (Å²) in [5.41, 5.74) is 14.7. The SMILES string of the molecule is C=C(NNC(=O)c1nnn(-c2nonc2N)c1CN(CC)CC)c1ccc(CC(C)C)cc1. The number of hydrazine groups is 1. The van der Waals surface area contributed by atoms with E-state index in [0.717, 1.165) is 25.1 Å². The van der Waals surface area contributed by atoms with Crippen LogP contribution in [0.1, 0.15) is 55.0 Å². The molecule has 0 saturated heterocycles. The summed E-state index contributed by atoms with van der Waals surface area (Å²) in [4.78, 5) is 15.1. The van der Waals surface area contributed by atoms with Crippen LogP contribution in [0.15, 0.2) is 35.5 Å². The van der Waals surface area contributed by atoms with Gasteiger partial charge in [-0.25, -0.2) is 4.63 Å². The molecule has 1 amide bonds. The summed E-state index contributed by atoms with van der Waals surface area (Å²) >= 11 is 0. The number of carbonyl (C=O) groups is 1. The fraction of sp³-hybridized carbons (Fsp3) is 0.409. The van der Waals surface area contributed by atoms with E-state index < -0.39 is 5.91 Å². The first-order valence-corrected chi connectivity index (χ1v) is 10.9. The average Bonchev–Trinajstić information content (AvgIpc) is 3.41. The Labute approximate surface area is 192 Å². The number of hydrogen-bond acceptors (Lipinski definition) is 9. The number of anilines is 1. The van der Waals surface area contributed by atoms with Crippen LogP contribution >= 0.6 is 0 Å². The first kappa shape index (κ1) is 23.9. The average molecular weight is 454 g/mol. The van der Waals surface area contributed by atoms with Crippen LogP contribution in [0.2, 0.25) is 0 Å². The third-order valence-corrected chi connectivity index (χ3v) is 5.22. The van der Waals surface area contributed by atoms with E-state index in [9.17, 15) is 4.79 Å². The van der Waals surface area contributed by atoms with Crippen molar-refractivity contribution >= 4 is 17.4 Å². The van der Waals surface area contributed by atoms with Crippen LogP contribution in [0, 0.1) is 5.92 Å². The van der Waals surface area contributed by atoms with Crippen molar-refractivity contribution in [1.29, 1.82) is 0 Å². The van der Waals surface area contributed by atoms with Gasteiger partial charge in [-0.05, 0) is 46.9 Å². The summed E-state index contributed by atoms with van der Waals surface area (Å²) in [6.45, 7) is 14.4. The molecule has 11 nitrogen and oxygen atoms in total. The molecule has 0 aliphatic carbocycles. The van der Waals surface area contributed by atoms with Crippen LogP contribution in [-0.4, -0.2) is 49.2 Å². The lowest BCUT2D eigenvalue weighted by Crippen LogP contribution is -2.37. The zero-order chi connectivity index (χ0) is 24.0. The van der Waals surface area contributed by atoms with Gasteiger partial charge in [-0.3, -0.25) is 20.5 Å². The molecular weight excluding hydrogens is 422 g/mol. The molecule has 2 heterocycles. The molecule has 1 aromatic carbocycles. The van der Waals surface area contributed by atoms with Crippen LogP contribution in [-0.2, 0) is 13.0 Å². The molecule has 0 aliphatic heterocycles. The van der Waals surface area contributed by atoms with Crippen molar-refractivity contribution in [2.75, 3.05) is 18.8 Å². The second-order valence-electron chi connectivity index (χ2n) is 8.08. The Morgan fingerprint density at radius 2 is 1.88 bits per heavy atom. The highest BCUT2D eigenvalue weighted by Gasteiger charge is 2.25. The van der Waals surface area contributed by atoms with Gasteiger partial charge in [0, 0.05) is 6.54 Å². The lowest BCUT2D eigenvalue weighted by Gasteiger charge is -2.18. The first-order valence-electron chi connectivity index (χ1n) is 10.9. The maximum absolute atomic E-state index is 13.0. The molecule has 0 unspecified atom stereocenters. The number of rotatable bonds is 11. The lowest BCUT2D eigenvalue weighted by molar-refractivity contribution is 0.0935. The van der Waals surface area contributed by atoms with E-state index in [2.05, 4.69) is 73.6 Å². The molecule has 0 saturated carbocycles. The number of hydrogen-bond donors (Lipinski definition) is 3. The van der Waals surface area contributed by atoms with Crippen LogP contribution in [0.5, 0.6) is 0 Å². The number of nitrogen functional groups attached to an aromatic ring is 1. The van der Waals surface area contributed by atoms with Crippen molar-refractivity contribution < 1.29 is 9.42 Å². The Hall–Kier alpha value is -3.73. The normalized spacial score (nSPS) is 11.2. The van der Waals surface area contributed by atoms with E-state index in [4.69, 9.17) is 5.73 Å². The lowest BCUT2D eigenvalue weighted by atomic mass is 10.0. The molecule has 0 spiro atoms. The molecular formula is C22H31N9O2. The Balaban J connectivity index is 1.75. The minimum Gasteiger partial charge on any atom is -0.378 e. The third-order valence-electron chi connectivity index (χ3n) is 5.22. The number of nitrogens with one attached hydrogen (secondary N) is 2. The Morgan fingerprint density at radius 1 is 1.18 bits per heavy atom. The van der Waals surface area contributed by atoms with E-state index in [-0.39, 0.29) is 17.3 Å². The van der Waals surface area contributed by atoms with Gasteiger partial charge < -0.3 is 5.73 Å². The van der Waals surface area contributed by atoms with Crippen molar-refractivity contribution in [1.82, 2.24) is 41.1 Å². The number of aromatic nitrogens is 5. The van der Waals surface area contributed by atoms with Gasteiger partial charge in [0.2, 0.25) is 11.6 Å². The van der Waals surface area contributed by atoms with Crippen LogP contribution in [0.25, 0.3) is 11.5 Å². The number of benzene rings is 1. The number of nitrogens with zero attached hydrogens (tertiary/aromatic N) is 6. The minimum absolute atomic E-state index is 0.0556.